The summed E-state index contributed by atoms with van der Waals surface area (Å²) in [6.07, 6.45) is 2.74. The number of H-pyrrole nitrogens is 1. The first-order chi connectivity index (χ1) is 7.98. The second kappa shape index (κ2) is 3.93. The largest absolute Gasteiger partial charge is 0.419 e. The molecule has 17 heavy (non-hydrogen) atoms. The van der Waals surface area contributed by atoms with Crippen LogP contribution < -0.4 is 5.32 Å². The molecule has 1 aliphatic heterocycles. The van der Waals surface area contributed by atoms with Crippen molar-refractivity contribution in [3.8, 4) is 0 Å². The molecule has 1 fully saturated rings. The Morgan fingerprint density at radius 2 is 2.00 bits per heavy atom. The van der Waals surface area contributed by atoms with Gasteiger partial charge in [-0.2, -0.15) is 5.10 Å². The van der Waals surface area contributed by atoms with Crippen LogP contribution in [0.1, 0.15) is 13.8 Å². The number of cyclic esters (lactones) is 2. The predicted octanol–water partition coefficient (Wildman–Crippen LogP) is 0.542. The lowest BCUT2D eigenvalue weighted by molar-refractivity contribution is -0.222. The highest BCUT2D eigenvalue weighted by molar-refractivity contribution is 6.15. The average Bonchev–Trinajstić information content (AvgIpc) is 2.67. The third kappa shape index (κ3) is 2.44. The summed E-state index contributed by atoms with van der Waals surface area (Å²) in [6.45, 7) is 2.98. The summed E-state index contributed by atoms with van der Waals surface area (Å²) in [7, 11) is 0. The number of carbonyl (C=O) groups is 2. The van der Waals surface area contributed by atoms with E-state index in [2.05, 4.69) is 15.5 Å². The van der Waals surface area contributed by atoms with E-state index in [0.717, 1.165) is 0 Å². The van der Waals surface area contributed by atoms with Gasteiger partial charge in [0.15, 0.2) is 5.57 Å². The Kier molecular flexibility index (Phi) is 2.58. The minimum absolute atomic E-state index is 0.195. The zero-order valence-electron chi connectivity index (χ0n) is 9.31. The Hall–Kier alpha value is -2.31. The highest BCUT2D eigenvalue weighted by atomic mass is 16.7. The van der Waals surface area contributed by atoms with Gasteiger partial charge in [-0.3, -0.25) is 5.10 Å². The van der Waals surface area contributed by atoms with Crippen LogP contribution in [0.3, 0.4) is 0 Å². The van der Waals surface area contributed by atoms with Crippen LogP contribution in [-0.2, 0) is 19.1 Å². The zero-order valence-corrected chi connectivity index (χ0v) is 9.31. The molecule has 0 spiro atoms. The second-order valence-corrected chi connectivity index (χ2v) is 3.85. The molecule has 7 nitrogen and oxygen atoms in total. The Bertz CT molecular complexity index is 454. The van der Waals surface area contributed by atoms with E-state index in [1.54, 1.807) is 6.07 Å². The zero-order chi connectivity index (χ0) is 12.5. The van der Waals surface area contributed by atoms with E-state index in [9.17, 15) is 9.59 Å². The molecule has 0 unspecified atom stereocenters. The van der Waals surface area contributed by atoms with Gasteiger partial charge in [0.25, 0.3) is 5.79 Å². The lowest BCUT2D eigenvalue weighted by atomic mass is 10.2. The molecule has 1 saturated heterocycles. The second-order valence-electron chi connectivity index (χ2n) is 3.85. The molecule has 0 saturated carbocycles. The van der Waals surface area contributed by atoms with Crippen molar-refractivity contribution in [3.63, 3.8) is 0 Å². The molecule has 2 rings (SSSR count). The highest BCUT2D eigenvalue weighted by Crippen LogP contribution is 2.22. The summed E-state index contributed by atoms with van der Waals surface area (Å²) in [5.41, 5.74) is -0.195. The van der Waals surface area contributed by atoms with Gasteiger partial charge in [-0.1, -0.05) is 0 Å². The highest BCUT2D eigenvalue weighted by Gasteiger charge is 2.38. The minimum Gasteiger partial charge on any atom is -0.419 e. The van der Waals surface area contributed by atoms with Crippen molar-refractivity contribution in [1.29, 1.82) is 0 Å². The molecule has 0 atom stereocenters. The third-order valence-electron chi connectivity index (χ3n) is 1.99. The number of esters is 2. The molecule has 2 N–H and O–H groups in total. The van der Waals surface area contributed by atoms with Gasteiger partial charge in [0.2, 0.25) is 0 Å². The average molecular weight is 237 g/mol. The van der Waals surface area contributed by atoms with Gasteiger partial charge in [0.05, 0.1) is 6.20 Å². The summed E-state index contributed by atoms with van der Waals surface area (Å²) in [6, 6.07) is 1.64. The SMILES string of the molecule is CC1(C)OC(=O)C(=CNc2ccn[nH]2)C(=O)O1. The molecule has 1 aliphatic rings. The van der Waals surface area contributed by atoms with Crippen LogP contribution in [0.5, 0.6) is 0 Å². The first-order valence-electron chi connectivity index (χ1n) is 4.91. The fourth-order valence-corrected chi connectivity index (χ4v) is 1.26. The predicted molar refractivity (Wildman–Crippen MR) is 56.6 cm³/mol. The Balaban J connectivity index is 2.13. The maximum Gasteiger partial charge on any atom is 0.350 e. The van der Waals surface area contributed by atoms with Crippen LogP contribution in [0.4, 0.5) is 5.82 Å². The molecule has 1 aromatic rings. The Morgan fingerprint density at radius 3 is 2.53 bits per heavy atom. The molecule has 1 aromatic heterocycles. The van der Waals surface area contributed by atoms with Crippen LogP contribution in [0.25, 0.3) is 0 Å². The van der Waals surface area contributed by atoms with Crippen LogP contribution in [0, 0.1) is 0 Å². The van der Waals surface area contributed by atoms with Crippen molar-refractivity contribution in [3.05, 3.63) is 24.0 Å². The van der Waals surface area contributed by atoms with E-state index in [1.165, 1.54) is 26.2 Å². The third-order valence-corrected chi connectivity index (χ3v) is 1.99. The molecule has 90 valence electrons. The van der Waals surface area contributed by atoms with E-state index in [1.807, 2.05) is 0 Å². The number of hydrogen-bond donors (Lipinski definition) is 2. The lowest BCUT2D eigenvalue weighted by Gasteiger charge is -2.29. The number of nitrogens with one attached hydrogen (secondary N) is 2. The maximum absolute atomic E-state index is 11.5. The summed E-state index contributed by atoms with van der Waals surface area (Å²) >= 11 is 0. The minimum atomic E-state index is -1.22. The molecule has 0 amide bonds. The van der Waals surface area contributed by atoms with Crippen molar-refractivity contribution in [2.24, 2.45) is 0 Å². The quantitative estimate of drug-likeness (QED) is 0.443. The standard InChI is InChI=1S/C10H11N3O4/c1-10(2)16-8(14)6(9(15)17-10)5-11-7-3-4-12-13-7/h3-5H,1-2H3,(H2,11,12,13). The van der Waals surface area contributed by atoms with Gasteiger partial charge >= 0.3 is 11.9 Å². The number of nitrogens with zero attached hydrogens (tertiary/aromatic N) is 1. The smallest absolute Gasteiger partial charge is 0.350 e. The number of aromatic amines is 1. The van der Waals surface area contributed by atoms with Gasteiger partial charge in [0, 0.05) is 26.1 Å². The molecule has 7 heteroatoms. The number of anilines is 1. The summed E-state index contributed by atoms with van der Waals surface area (Å²) < 4.78 is 9.82. The van der Waals surface area contributed by atoms with E-state index >= 15 is 0 Å². The fourth-order valence-electron chi connectivity index (χ4n) is 1.26. The van der Waals surface area contributed by atoms with Gasteiger partial charge in [-0.05, 0) is 0 Å². The van der Waals surface area contributed by atoms with Crippen LogP contribution in [0.15, 0.2) is 24.0 Å². The summed E-state index contributed by atoms with van der Waals surface area (Å²) in [4.78, 5) is 23.0. The number of aromatic nitrogens is 2. The Morgan fingerprint density at radius 1 is 1.35 bits per heavy atom. The summed E-state index contributed by atoms with van der Waals surface area (Å²) in [5, 5.41) is 9.01. The van der Waals surface area contributed by atoms with Gasteiger partial charge in [0.1, 0.15) is 5.82 Å². The molecule has 0 aromatic carbocycles. The van der Waals surface area contributed by atoms with Crippen LogP contribution >= 0.6 is 0 Å². The molecule has 2 heterocycles. The normalized spacial score (nSPS) is 18.4. The van der Waals surface area contributed by atoms with Gasteiger partial charge in [-0.15, -0.1) is 0 Å². The van der Waals surface area contributed by atoms with Crippen molar-refractivity contribution in [2.75, 3.05) is 5.32 Å². The lowest BCUT2D eigenvalue weighted by Crippen LogP contribution is -2.42. The van der Waals surface area contributed by atoms with Crippen molar-refractivity contribution in [1.82, 2.24) is 10.2 Å². The van der Waals surface area contributed by atoms with E-state index in [-0.39, 0.29) is 5.57 Å². The topological polar surface area (TPSA) is 93.3 Å². The van der Waals surface area contributed by atoms with E-state index in [4.69, 9.17) is 9.47 Å². The molecule has 0 radical (unpaired) electrons. The van der Waals surface area contributed by atoms with Gasteiger partial charge in [-0.25, -0.2) is 9.59 Å². The monoisotopic (exact) mass is 237 g/mol. The van der Waals surface area contributed by atoms with Crippen LogP contribution in [-0.4, -0.2) is 27.9 Å². The Labute approximate surface area is 96.8 Å². The number of hydrogen-bond acceptors (Lipinski definition) is 6. The van der Waals surface area contributed by atoms with E-state index < -0.39 is 17.7 Å². The van der Waals surface area contributed by atoms with E-state index in [0.29, 0.717) is 5.82 Å². The van der Waals surface area contributed by atoms with Gasteiger partial charge < -0.3 is 14.8 Å². The summed E-state index contributed by atoms with van der Waals surface area (Å²) in [5.74, 6) is -2.13. The first kappa shape index (κ1) is 11.2. The molecule has 0 aliphatic carbocycles. The number of carbonyl (C=O) groups excluding carboxylic acids is 2. The molecular weight excluding hydrogens is 226 g/mol. The number of ether oxygens (including phenoxy) is 2. The van der Waals surface area contributed by atoms with Crippen LogP contribution in [0.2, 0.25) is 0 Å². The van der Waals surface area contributed by atoms with Crippen molar-refractivity contribution >= 4 is 17.8 Å². The maximum atomic E-state index is 11.5. The first-order valence-corrected chi connectivity index (χ1v) is 4.91. The van der Waals surface area contributed by atoms with Crippen molar-refractivity contribution in [2.45, 2.75) is 19.6 Å². The number of rotatable bonds is 2. The molecule has 0 bridgehead atoms. The molecular formula is C10H11N3O4. The van der Waals surface area contributed by atoms with Crippen molar-refractivity contribution < 1.29 is 19.1 Å². The fraction of sp³-hybridized carbons (Fsp3) is 0.300.